The maximum atomic E-state index is 12.1. The lowest BCUT2D eigenvalue weighted by molar-refractivity contribution is -0.123. The standard InChI is InChI=1S/C23H28N2O4S/c1-16-13-25(14-17(2)29-16)23(30)19-9-10-20(21(11-19)27-3)28-15-22(26)24-12-18-7-5-4-6-8-18/h4-11,16-17H,12-15H2,1-3H3,(H,24,26)/t16-,17+. The van der Waals surface area contributed by atoms with E-state index in [-0.39, 0.29) is 24.7 Å². The number of benzene rings is 2. The predicted octanol–water partition coefficient (Wildman–Crippen LogP) is 3.18. The van der Waals surface area contributed by atoms with E-state index in [0.717, 1.165) is 29.2 Å². The number of carbonyl (C=O) groups is 1. The molecule has 0 unspecified atom stereocenters. The molecule has 1 saturated heterocycles. The number of morpholine rings is 1. The summed E-state index contributed by atoms with van der Waals surface area (Å²) in [6.07, 6.45) is 0.260. The highest BCUT2D eigenvalue weighted by Crippen LogP contribution is 2.29. The van der Waals surface area contributed by atoms with Gasteiger partial charge >= 0.3 is 0 Å². The zero-order chi connectivity index (χ0) is 21.5. The Morgan fingerprint density at radius 2 is 1.83 bits per heavy atom. The number of nitrogens with one attached hydrogen (secondary N) is 1. The molecule has 1 N–H and O–H groups in total. The van der Waals surface area contributed by atoms with Gasteiger partial charge in [0.2, 0.25) is 0 Å². The minimum atomic E-state index is -0.197. The summed E-state index contributed by atoms with van der Waals surface area (Å²) in [5, 5.41) is 2.84. The van der Waals surface area contributed by atoms with Crippen molar-refractivity contribution in [2.75, 3.05) is 26.8 Å². The predicted molar refractivity (Wildman–Crippen MR) is 120 cm³/mol. The van der Waals surface area contributed by atoms with E-state index in [1.54, 1.807) is 13.2 Å². The van der Waals surface area contributed by atoms with Gasteiger partial charge in [0.05, 0.1) is 19.3 Å². The van der Waals surface area contributed by atoms with Crippen molar-refractivity contribution in [2.24, 2.45) is 0 Å². The summed E-state index contributed by atoms with van der Waals surface area (Å²) in [7, 11) is 1.57. The molecule has 0 radical (unpaired) electrons. The van der Waals surface area contributed by atoms with E-state index in [4.69, 9.17) is 26.4 Å². The maximum Gasteiger partial charge on any atom is 0.258 e. The highest BCUT2D eigenvalue weighted by atomic mass is 32.1. The Balaban J connectivity index is 1.58. The molecule has 2 aromatic rings. The van der Waals surface area contributed by atoms with Crippen LogP contribution in [0.2, 0.25) is 0 Å². The number of carbonyl (C=O) groups excluding carboxylic acids is 1. The average molecular weight is 429 g/mol. The molecule has 160 valence electrons. The smallest absolute Gasteiger partial charge is 0.258 e. The van der Waals surface area contributed by atoms with Gasteiger partial charge in [0, 0.05) is 25.2 Å². The van der Waals surface area contributed by atoms with Crippen LogP contribution < -0.4 is 14.8 Å². The van der Waals surface area contributed by atoms with Gasteiger partial charge in [0.1, 0.15) is 4.99 Å². The summed E-state index contributed by atoms with van der Waals surface area (Å²) in [4.78, 5) is 15.0. The monoisotopic (exact) mass is 428 g/mol. The first kappa shape index (κ1) is 22.1. The fraction of sp³-hybridized carbons (Fsp3) is 0.391. The molecule has 7 heteroatoms. The van der Waals surface area contributed by atoms with Crippen molar-refractivity contribution < 1.29 is 19.0 Å². The van der Waals surface area contributed by atoms with E-state index in [1.807, 2.05) is 56.3 Å². The summed E-state index contributed by atoms with van der Waals surface area (Å²) in [6.45, 7) is 5.98. The first-order valence-corrected chi connectivity index (χ1v) is 10.4. The zero-order valence-electron chi connectivity index (χ0n) is 17.6. The Morgan fingerprint density at radius 1 is 1.13 bits per heavy atom. The van der Waals surface area contributed by atoms with Gasteiger partial charge in [0.15, 0.2) is 18.1 Å². The van der Waals surface area contributed by atoms with Gasteiger partial charge < -0.3 is 24.4 Å². The first-order chi connectivity index (χ1) is 14.5. The van der Waals surface area contributed by atoms with Crippen LogP contribution in [0.25, 0.3) is 0 Å². The quantitative estimate of drug-likeness (QED) is 0.684. The number of hydrogen-bond donors (Lipinski definition) is 1. The summed E-state index contributed by atoms with van der Waals surface area (Å²) in [5.74, 6) is 0.847. The first-order valence-electron chi connectivity index (χ1n) is 10.0. The molecule has 1 fully saturated rings. The molecule has 1 aliphatic rings. The normalized spacial score (nSPS) is 18.6. The molecular formula is C23H28N2O4S. The third-order valence-corrected chi connectivity index (χ3v) is 5.30. The number of amides is 1. The lowest BCUT2D eigenvalue weighted by Crippen LogP contribution is -2.47. The van der Waals surface area contributed by atoms with Crippen molar-refractivity contribution in [1.29, 1.82) is 0 Å². The minimum absolute atomic E-state index is 0.0918. The third kappa shape index (κ3) is 5.93. The number of ether oxygens (including phenoxy) is 3. The van der Waals surface area contributed by atoms with E-state index < -0.39 is 0 Å². The fourth-order valence-electron chi connectivity index (χ4n) is 3.44. The summed E-state index contributed by atoms with van der Waals surface area (Å²) < 4.78 is 16.9. The summed E-state index contributed by atoms with van der Waals surface area (Å²) in [5.41, 5.74) is 1.91. The van der Waals surface area contributed by atoms with Crippen LogP contribution in [0.15, 0.2) is 48.5 Å². The second kappa shape index (κ2) is 10.4. The van der Waals surface area contributed by atoms with Gasteiger partial charge in [0.25, 0.3) is 5.91 Å². The molecule has 1 heterocycles. The van der Waals surface area contributed by atoms with Crippen LogP contribution in [-0.4, -0.2) is 54.8 Å². The number of hydrogen-bond acceptors (Lipinski definition) is 5. The molecule has 30 heavy (non-hydrogen) atoms. The van der Waals surface area contributed by atoms with E-state index in [0.29, 0.717) is 18.0 Å². The highest BCUT2D eigenvalue weighted by molar-refractivity contribution is 7.80. The summed E-state index contributed by atoms with van der Waals surface area (Å²) in [6, 6.07) is 15.3. The van der Waals surface area contributed by atoms with Crippen LogP contribution in [0.5, 0.6) is 11.5 Å². The van der Waals surface area contributed by atoms with Gasteiger partial charge in [-0.25, -0.2) is 0 Å². The molecule has 0 aromatic heterocycles. The molecule has 6 nitrogen and oxygen atoms in total. The van der Waals surface area contributed by atoms with Crippen molar-refractivity contribution in [1.82, 2.24) is 10.2 Å². The van der Waals surface area contributed by atoms with E-state index in [2.05, 4.69) is 10.2 Å². The Hall–Kier alpha value is -2.64. The van der Waals surface area contributed by atoms with E-state index in [1.165, 1.54) is 0 Å². The Kier molecular flexibility index (Phi) is 7.65. The largest absolute Gasteiger partial charge is 0.493 e. The van der Waals surface area contributed by atoms with Crippen molar-refractivity contribution in [3.63, 3.8) is 0 Å². The zero-order valence-corrected chi connectivity index (χ0v) is 18.4. The van der Waals surface area contributed by atoms with Crippen LogP contribution in [0.1, 0.15) is 25.0 Å². The van der Waals surface area contributed by atoms with Crippen LogP contribution in [-0.2, 0) is 16.1 Å². The molecule has 1 amide bonds. The van der Waals surface area contributed by atoms with Crippen LogP contribution >= 0.6 is 12.2 Å². The minimum Gasteiger partial charge on any atom is -0.493 e. The van der Waals surface area contributed by atoms with E-state index >= 15 is 0 Å². The molecule has 1 aliphatic heterocycles. The van der Waals surface area contributed by atoms with Crippen molar-refractivity contribution in [3.05, 3.63) is 59.7 Å². The topological polar surface area (TPSA) is 60.0 Å². The van der Waals surface area contributed by atoms with Crippen molar-refractivity contribution >= 4 is 23.1 Å². The molecule has 2 aromatic carbocycles. The van der Waals surface area contributed by atoms with Gasteiger partial charge in [-0.2, -0.15) is 0 Å². The van der Waals surface area contributed by atoms with Crippen LogP contribution in [0.3, 0.4) is 0 Å². The molecule has 0 aliphatic carbocycles. The Morgan fingerprint density at radius 3 is 2.50 bits per heavy atom. The number of thiocarbonyl (C=S) groups is 1. The molecule has 0 saturated carbocycles. The van der Waals surface area contributed by atoms with Crippen molar-refractivity contribution in [3.8, 4) is 11.5 Å². The summed E-state index contributed by atoms with van der Waals surface area (Å²) >= 11 is 5.69. The van der Waals surface area contributed by atoms with Gasteiger partial charge in [-0.05, 0) is 37.6 Å². The Bertz CT molecular complexity index is 865. The van der Waals surface area contributed by atoms with Gasteiger partial charge in [-0.1, -0.05) is 42.5 Å². The molecule has 2 atom stereocenters. The average Bonchev–Trinajstić information content (AvgIpc) is 2.75. The van der Waals surface area contributed by atoms with Crippen LogP contribution in [0, 0.1) is 0 Å². The van der Waals surface area contributed by atoms with Crippen molar-refractivity contribution in [2.45, 2.75) is 32.6 Å². The maximum absolute atomic E-state index is 12.1. The van der Waals surface area contributed by atoms with Crippen LogP contribution in [0.4, 0.5) is 0 Å². The second-order valence-corrected chi connectivity index (χ2v) is 7.77. The van der Waals surface area contributed by atoms with Gasteiger partial charge in [-0.15, -0.1) is 0 Å². The lowest BCUT2D eigenvalue weighted by Gasteiger charge is -2.37. The van der Waals surface area contributed by atoms with Gasteiger partial charge in [-0.3, -0.25) is 4.79 Å². The number of methoxy groups -OCH3 is 1. The molecular weight excluding hydrogens is 400 g/mol. The molecule has 3 rings (SSSR count). The number of rotatable bonds is 7. The molecule has 0 bridgehead atoms. The number of nitrogens with zero attached hydrogens (tertiary/aromatic N) is 1. The fourth-order valence-corrected chi connectivity index (χ4v) is 3.71. The Labute approximate surface area is 183 Å². The third-order valence-electron chi connectivity index (χ3n) is 4.81. The SMILES string of the molecule is COc1cc(C(=S)N2C[C@@H](C)O[C@@H](C)C2)ccc1OCC(=O)NCc1ccccc1. The highest BCUT2D eigenvalue weighted by Gasteiger charge is 2.25. The second-order valence-electron chi connectivity index (χ2n) is 7.38. The van der Waals surface area contributed by atoms with E-state index in [9.17, 15) is 4.79 Å². The molecule has 0 spiro atoms. The lowest BCUT2D eigenvalue weighted by atomic mass is 10.1.